The molecule has 2 N–H and O–H groups in total. The van der Waals surface area contributed by atoms with Crippen molar-refractivity contribution in [3.8, 4) is 5.75 Å². The first-order chi connectivity index (χ1) is 9.70. The van der Waals surface area contributed by atoms with Crippen molar-refractivity contribution in [2.45, 2.75) is 25.4 Å². The Bertz CT molecular complexity index is 444. The van der Waals surface area contributed by atoms with Gasteiger partial charge in [0.05, 0.1) is 26.4 Å². The van der Waals surface area contributed by atoms with Gasteiger partial charge in [0.15, 0.2) is 0 Å². The van der Waals surface area contributed by atoms with Gasteiger partial charge in [0.2, 0.25) is 5.91 Å². The van der Waals surface area contributed by atoms with Crippen molar-refractivity contribution in [3.63, 3.8) is 0 Å². The largest absolute Gasteiger partial charge is 0.496 e. The van der Waals surface area contributed by atoms with E-state index in [2.05, 4.69) is 10.6 Å². The summed E-state index contributed by atoms with van der Waals surface area (Å²) in [7, 11) is 1.64. The Labute approximate surface area is 119 Å². The van der Waals surface area contributed by atoms with Gasteiger partial charge in [-0.25, -0.2) is 0 Å². The number of morpholine rings is 1. The van der Waals surface area contributed by atoms with Crippen LogP contribution in [-0.2, 0) is 9.53 Å². The molecule has 0 saturated carbocycles. The molecule has 1 aliphatic heterocycles. The maximum absolute atomic E-state index is 12.0. The number of amides is 1. The molecule has 0 radical (unpaired) electrons. The van der Waals surface area contributed by atoms with Gasteiger partial charge in [0.25, 0.3) is 0 Å². The number of nitrogens with one attached hydrogen (secondary N) is 2. The molecule has 2 atom stereocenters. The van der Waals surface area contributed by atoms with E-state index in [9.17, 15) is 4.79 Å². The number of benzene rings is 1. The van der Waals surface area contributed by atoms with E-state index in [0.717, 1.165) is 24.5 Å². The smallest absolute Gasteiger partial charge is 0.222 e. The van der Waals surface area contributed by atoms with E-state index < -0.39 is 0 Å². The van der Waals surface area contributed by atoms with Crippen molar-refractivity contribution in [2.24, 2.45) is 0 Å². The van der Waals surface area contributed by atoms with Crippen LogP contribution in [0.1, 0.15) is 24.9 Å². The number of hydrogen-bond donors (Lipinski definition) is 2. The monoisotopic (exact) mass is 278 g/mol. The van der Waals surface area contributed by atoms with Crippen molar-refractivity contribution in [1.82, 2.24) is 10.6 Å². The molecule has 110 valence electrons. The van der Waals surface area contributed by atoms with E-state index in [0.29, 0.717) is 13.0 Å². The molecule has 0 spiro atoms. The van der Waals surface area contributed by atoms with E-state index in [4.69, 9.17) is 9.47 Å². The first-order valence-corrected chi connectivity index (χ1v) is 6.94. The number of carbonyl (C=O) groups excluding carboxylic acids is 1. The first-order valence-electron chi connectivity index (χ1n) is 6.94. The summed E-state index contributed by atoms with van der Waals surface area (Å²) in [6, 6.07) is 7.74. The van der Waals surface area contributed by atoms with Gasteiger partial charge in [-0.1, -0.05) is 18.2 Å². The SMILES string of the molecule is COc1ccccc1C(C)NC(=O)CC1COCCN1. The van der Waals surface area contributed by atoms with Gasteiger partial charge >= 0.3 is 0 Å². The second-order valence-electron chi connectivity index (χ2n) is 4.96. The molecule has 0 aromatic heterocycles. The van der Waals surface area contributed by atoms with Gasteiger partial charge in [-0.05, 0) is 13.0 Å². The number of ether oxygens (including phenoxy) is 2. The Morgan fingerprint density at radius 1 is 1.55 bits per heavy atom. The number of para-hydroxylation sites is 1. The molecule has 5 heteroatoms. The summed E-state index contributed by atoms with van der Waals surface area (Å²) in [4.78, 5) is 12.0. The number of rotatable bonds is 5. The molecule has 1 aliphatic rings. The molecule has 1 heterocycles. The summed E-state index contributed by atoms with van der Waals surface area (Å²) < 4.78 is 10.7. The summed E-state index contributed by atoms with van der Waals surface area (Å²) in [6.07, 6.45) is 0.430. The fourth-order valence-corrected chi connectivity index (χ4v) is 2.38. The first kappa shape index (κ1) is 14.8. The van der Waals surface area contributed by atoms with Crippen LogP contribution in [0.5, 0.6) is 5.75 Å². The van der Waals surface area contributed by atoms with Crippen molar-refractivity contribution in [2.75, 3.05) is 26.9 Å². The van der Waals surface area contributed by atoms with E-state index in [-0.39, 0.29) is 18.0 Å². The summed E-state index contributed by atoms with van der Waals surface area (Å²) in [6.45, 7) is 4.08. The maximum atomic E-state index is 12.0. The highest BCUT2D eigenvalue weighted by molar-refractivity contribution is 5.77. The molecule has 5 nitrogen and oxygen atoms in total. The Morgan fingerprint density at radius 2 is 2.35 bits per heavy atom. The molecule has 1 fully saturated rings. The predicted molar refractivity (Wildman–Crippen MR) is 76.8 cm³/mol. The molecule has 1 amide bonds. The number of carbonyl (C=O) groups is 1. The Hall–Kier alpha value is -1.59. The standard InChI is InChI=1S/C15H22N2O3/c1-11(13-5-3-4-6-14(13)19-2)17-15(18)9-12-10-20-8-7-16-12/h3-6,11-12,16H,7-10H2,1-2H3,(H,17,18). The molecule has 2 unspecified atom stereocenters. The molecule has 1 aromatic carbocycles. The minimum atomic E-state index is -0.0804. The zero-order valence-corrected chi connectivity index (χ0v) is 12.0. The van der Waals surface area contributed by atoms with Gasteiger partial charge in [0, 0.05) is 24.6 Å². The van der Waals surface area contributed by atoms with E-state index in [1.807, 2.05) is 31.2 Å². The predicted octanol–water partition coefficient (Wildman–Crippen LogP) is 1.25. The highest BCUT2D eigenvalue weighted by atomic mass is 16.5. The van der Waals surface area contributed by atoms with E-state index in [1.54, 1.807) is 7.11 Å². The fourth-order valence-electron chi connectivity index (χ4n) is 2.38. The average molecular weight is 278 g/mol. The van der Waals surface area contributed by atoms with Crippen LogP contribution >= 0.6 is 0 Å². The Balaban J connectivity index is 1.89. The second kappa shape index (κ2) is 7.26. The molecular formula is C15H22N2O3. The van der Waals surface area contributed by atoms with Crippen molar-refractivity contribution in [3.05, 3.63) is 29.8 Å². The third-order valence-corrected chi connectivity index (χ3v) is 3.41. The summed E-state index contributed by atoms with van der Waals surface area (Å²) in [5.41, 5.74) is 0.983. The van der Waals surface area contributed by atoms with Gasteiger partial charge < -0.3 is 20.1 Å². The lowest BCUT2D eigenvalue weighted by Crippen LogP contribution is -2.44. The normalized spacial score (nSPS) is 20.2. The van der Waals surface area contributed by atoms with Crippen molar-refractivity contribution < 1.29 is 14.3 Å². The zero-order chi connectivity index (χ0) is 14.4. The van der Waals surface area contributed by atoms with E-state index >= 15 is 0 Å². The number of methoxy groups -OCH3 is 1. The van der Waals surface area contributed by atoms with Gasteiger partial charge in [-0.15, -0.1) is 0 Å². The fraction of sp³-hybridized carbons (Fsp3) is 0.533. The summed E-state index contributed by atoms with van der Waals surface area (Å²) in [5, 5.41) is 6.28. The summed E-state index contributed by atoms with van der Waals surface area (Å²) in [5.74, 6) is 0.811. The van der Waals surface area contributed by atoms with Crippen LogP contribution in [0.15, 0.2) is 24.3 Å². The highest BCUT2D eigenvalue weighted by Gasteiger charge is 2.19. The molecule has 20 heavy (non-hydrogen) atoms. The average Bonchev–Trinajstić information content (AvgIpc) is 2.48. The van der Waals surface area contributed by atoms with Crippen LogP contribution in [0, 0.1) is 0 Å². The van der Waals surface area contributed by atoms with Crippen LogP contribution in [0.4, 0.5) is 0 Å². The van der Waals surface area contributed by atoms with Crippen LogP contribution < -0.4 is 15.4 Å². The highest BCUT2D eigenvalue weighted by Crippen LogP contribution is 2.24. The van der Waals surface area contributed by atoms with Crippen LogP contribution in [0.25, 0.3) is 0 Å². The Kier molecular flexibility index (Phi) is 5.38. The lowest BCUT2D eigenvalue weighted by Gasteiger charge is -2.24. The molecule has 1 aromatic rings. The molecule has 2 rings (SSSR count). The minimum Gasteiger partial charge on any atom is -0.496 e. The molecule has 0 aliphatic carbocycles. The Morgan fingerprint density at radius 3 is 3.05 bits per heavy atom. The molecule has 0 bridgehead atoms. The van der Waals surface area contributed by atoms with Crippen LogP contribution in [-0.4, -0.2) is 38.8 Å². The quantitative estimate of drug-likeness (QED) is 0.851. The van der Waals surface area contributed by atoms with Gasteiger partial charge in [0.1, 0.15) is 5.75 Å². The van der Waals surface area contributed by atoms with Crippen molar-refractivity contribution in [1.29, 1.82) is 0 Å². The second-order valence-corrected chi connectivity index (χ2v) is 4.96. The molecular weight excluding hydrogens is 256 g/mol. The number of hydrogen-bond acceptors (Lipinski definition) is 4. The lowest BCUT2D eigenvalue weighted by atomic mass is 10.1. The third kappa shape index (κ3) is 3.95. The van der Waals surface area contributed by atoms with Gasteiger partial charge in [-0.3, -0.25) is 4.79 Å². The topological polar surface area (TPSA) is 59.6 Å². The zero-order valence-electron chi connectivity index (χ0n) is 12.0. The minimum absolute atomic E-state index is 0.0198. The van der Waals surface area contributed by atoms with Gasteiger partial charge in [-0.2, -0.15) is 0 Å². The van der Waals surface area contributed by atoms with Crippen LogP contribution in [0.2, 0.25) is 0 Å². The van der Waals surface area contributed by atoms with Crippen LogP contribution in [0.3, 0.4) is 0 Å². The van der Waals surface area contributed by atoms with E-state index in [1.165, 1.54) is 0 Å². The third-order valence-electron chi connectivity index (χ3n) is 3.41. The molecule has 1 saturated heterocycles. The maximum Gasteiger partial charge on any atom is 0.222 e. The lowest BCUT2D eigenvalue weighted by molar-refractivity contribution is -0.122. The summed E-state index contributed by atoms with van der Waals surface area (Å²) >= 11 is 0. The van der Waals surface area contributed by atoms with Crippen molar-refractivity contribution >= 4 is 5.91 Å².